The minimum atomic E-state index is 0.236. The van der Waals surface area contributed by atoms with Gasteiger partial charge < -0.3 is 15.0 Å². The third-order valence-corrected chi connectivity index (χ3v) is 3.69. The molecular weight excluding hydrogens is 216 g/mol. The van der Waals surface area contributed by atoms with Crippen molar-refractivity contribution in [2.75, 3.05) is 40.4 Å². The zero-order valence-electron chi connectivity index (χ0n) is 11.4. The van der Waals surface area contributed by atoms with E-state index in [1.54, 1.807) is 12.0 Å². The van der Waals surface area contributed by atoms with Crippen LogP contribution in [-0.2, 0) is 9.53 Å². The van der Waals surface area contributed by atoms with Crippen LogP contribution in [0.5, 0.6) is 0 Å². The predicted molar refractivity (Wildman–Crippen MR) is 68.9 cm³/mol. The Hall–Kier alpha value is -0.610. The third kappa shape index (κ3) is 5.04. The monoisotopic (exact) mass is 242 g/mol. The van der Waals surface area contributed by atoms with E-state index in [-0.39, 0.29) is 5.91 Å². The number of likely N-dealkylation sites (N-methyl/N-ethyl adjacent to an activating group) is 1. The zero-order valence-corrected chi connectivity index (χ0v) is 11.4. The first kappa shape index (κ1) is 14.5. The highest BCUT2D eigenvalue weighted by Gasteiger charge is 2.23. The molecule has 0 bridgehead atoms. The van der Waals surface area contributed by atoms with E-state index < -0.39 is 0 Å². The number of piperidine rings is 1. The van der Waals surface area contributed by atoms with Gasteiger partial charge in [0.1, 0.15) is 0 Å². The molecule has 0 aliphatic carbocycles. The summed E-state index contributed by atoms with van der Waals surface area (Å²) in [4.78, 5) is 13.7. The van der Waals surface area contributed by atoms with E-state index in [2.05, 4.69) is 12.2 Å². The molecule has 0 radical (unpaired) electrons. The van der Waals surface area contributed by atoms with Crippen molar-refractivity contribution in [3.63, 3.8) is 0 Å². The number of carbonyl (C=O) groups excluding carboxylic acids is 1. The minimum Gasteiger partial charge on any atom is -0.383 e. The highest BCUT2D eigenvalue weighted by molar-refractivity contribution is 5.76. The number of nitrogens with zero attached hydrogens (tertiary/aromatic N) is 1. The van der Waals surface area contributed by atoms with Crippen LogP contribution in [0.15, 0.2) is 0 Å². The van der Waals surface area contributed by atoms with Crippen LogP contribution >= 0.6 is 0 Å². The van der Waals surface area contributed by atoms with Gasteiger partial charge in [0.15, 0.2) is 0 Å². The molecule has 1 saturated heterocycles. The average Bonchev–Trinajstić information content (AvgIpc) is 2.36. The van der Waals surface area contributed by atoms with E-state index in [0.717, 1.165) is 13.1 Å². The number of rotatable bonds is 6. The lowest BCUT2D eigenvalue weighted by Gasteiger charge is -2.29. The standard InChI is InChI=1S/C13H26N2O2/c1-11(12-5-4-6-14-10-12)9-13(16)15(2)7-8-17-3/h11-12,14H,4-10H2,1-3H3. The molecule has 1 N–H and O–H groups in total. The maximum Gasteiger partial charge on any atom is 0.222 e. The fraction of sp³-hybridized carbons (Fsp3) is 0.923. The van der Waals surface area contributed by atoms with Crippen molar-refractivity contribution in [3.05, 3.63) is 0 Å². The van der Waals surface area contributed by atoms with Gasteiger partial charge in [-0.2, -0.15) is 0 Å². The molecule has 100 valence electrons. The van der Waals surface area contributed by atoms with E-state index in [1.807, 2.05) is 7.05 Å². The Kier molecular flexibility index (Phi) is 6.52. The van der Waals surface area contributed by atoms with E-state index >= 15 is 0 Å². The summed E-state index contributed by atoms with van der Waals surface area (Å²) >= 11 is 0. The lowest BCUT2D eigenvalue weighted by Crippen LogP contribution is -2.36. The fourth-order valence-corrected chi connectivity index (χ4v) is 2.32. The van der Waals surface area contributed by atoms with Gasteiger partial charge in [0.2, 0.25) is 5.91 Å². The van der Waals surface area contributed by atoms with Crippen LogP contribution in [0.2, 0.25) is 0 Å². The quantitative estimate of drug-likeness (QED) is 0.759. The van der Waals surface area contributed by atoms with Crippen molar-refractivity contribution in [1.82, 2.24) is 10.2 Å². The van der Waals surface area contributed by atoms with Gasteiger partial charge in [-0.3, -0.25) is 4.79 Å². The summed E-state index contributed by atoms with van der Waals surface area (Å²) in [6.45, 7) is 5.69. The van der Waals surface area contributed by atoms with Crippen molar-refractivity contribution in [1.29, 1.82) is 0 Å². The van der Waals surface area contributed by atoms with Gasteiger partial charge >= 0.3 is 0 Å². The molecule has 1 heterocycles. The smallest absolute Gasteiger partial charge is 0.222 e. The van der Waals surface area contributed by atoms with Crippen LogP contribution in [0.4, 0.5) is 0 Å². The van der Waals surface area contributed by atoms with Gasteiger partial charge in [0.05, 0.1) is 6.61 Å². The lowest BCUT2D eigenvalue weighted by atomic mass is 9.85. The van der Waals surface area contributed by atoms with Crippen LogP contribution < -0.4 is 5.32 Å². The number of nitrogens with one attached hydrogen (secondary N) is 1. The largest absolute Gasteiger partial charge is 0.383 e. The second-order valence-electron chi connectivity index (χ2n) is 5.10. The molecule has 0 saturated carbocycles. The molecule has 1 fully saturated rings. The molecule has 0 spiro atoms. The van der Waals surface area contributed by atoms with Crippen LogP contribution in [0.25, 0.3) is 0 Å². The van der Waals surface area contributed by atoms with E-state index in [9.17, 15) is 4.79 Å². The Morgan fingerprint density at radius 1 is 1.59 bits per heavy atom. The number of amides is 1. The Morgan fingerprint density at radius 3 is 2.94 bits per heavy atom. The molecule has 1 rings (SSSR count). The Labute approximate surface area is 105 Å². The summed E-state index contributed by atoms with van der Waals surface area (Å²) < 4.78 is 4.98. The molecule has 1 aliphatic rings. The number of methoxy groups -OCH3 is 1. The van der Waals surface area contributed by atoms with E-state index in [0.29, 0.717) is 31.4 Å². The summed E-state index contributed by atoms with van der Waals surface area (Å²) in [5, 5.41) is 3.41. The van der Waals surface area contributed by atoms with Crippen LogP contribution in [0.3, 0.4) is 0 Å². The maximum absolute atomic E-state index is 12.0. The third-order valence-electron chi connectivity index (χ3n) is 3.69. The molecule has 0 aromatic heterocycles. The van der Waals surface area contributed by atoms with Gasteiger partial charge in [-0.1, -0.05) is 6.92 Å². The first-order valence-electron chi connectivity index (χ1n) is 6.58. The molecule has 0 aromatic rings. The van der Waals surface area contributed by atoms with Gasteiger partial charge in [-0.05, 0) is 37.8 Å². The first-order chi connectivity index (χ1) is 8.15. The number of carbonyl (C=O) groups is 1. The van der Waals surface area contributed by atoms with Crippen molar-refractivity contribution in [2.45, 2.75) is 26.2 Å². The zero-order chi connectivity index (χ0) is 12.7. The normalized spacial score (nSPS) is 22.2. The number of ether oxygens (including phenoxy) is 1. The van der Waals surface area contributed by atoms with E-state index in [1.165, 1.54) is 12.8 Å². The number of hydrogen-bond donors (Lipinski definition) is 1. The van der Waals surface area contributed by atoms with Crippen molar-refractivity contribution in [3.8, 4) is 0 Å². The van der Waals surface area contributed by atoms with Gasteiger partial charge in [0.25, 0.3) is 0 Å². The van der Waals surface area contributed by atoms with Crippen molar-refractivity contribution in [2.24, 2.45) is 11.8 Å². The van der Waals surface area contributed by atoms with Gasteiger partial charge in [-0.15, -0.1) is 0 Å². The molecule has 1 aliphatic heterocycles. The highest BCUT2D eigenvalue weighted by atomic mass is 16.5. The second kappa shape index (κ2) is 7.67. The lowest BCUT2D eigenvalue weighted by molar-refractivity contribution is -0.131. The van der Waals surface area contributed by atoms with Crippen LogP contribution in [0.1, 0.15) is 26.2 Å². The molecular formula is C13H26N2O2. The van der Waals surface area contributed by atoms with Gasteiger partial charge in [-0.25, -0.2) is 0 Å². The maximum atomic E-state index is 12.0. The summed E-state index contributed by atoms with van der Waals surface area (Å²) in [6.07, 6.45) is 3.15. The SMILES string of the molecule is COCCN(C)C(=O)CC(C)C1CCCNC1. The molecule has 1 amide bonds. The molecule has 4 heteroatoms. The van der Waals surface area contributed by atoms with Crippen LogP contribution in [-0.4, -0.2) is 51.2 Å². The Morgan fingerprint density at radius 2 is 2.35 bits per heavy atom. The number of hydrogen-bond acceptors (Lipinski definition) is 3. The summed E-state index contributed by atoms with van der Waals surface area (Å²) in [7, 11) is 3.52. The molecule has 4 nitrogen and oxygen atoms in total. The molecule has 2 unspecified atom stereocenters. The summed E-state index contributed by atoms with van der Waals surface area (Å²) in [6, 6.07) is 0. The molecule has 2 atom stereocenters. The molecule has 0 aromatic carbocycles. The fourth-order valence-electron chi connectivity index (χ4n) is 2.32. The van der Waals surface area contributed by atoms with Crippen molar-refractivity contribution >= 4 is 5.91 Å². The van der Waals surface area contributed by atoms with Crippen molar-refractivity contribution < 1.29 is 9.53 Å². The highest BCUT2D eigenvalue weighted by Crippen LogP contribution is 2.22. The second-order valence-corrected chi connectivity index (χ2v) is 5.10. The minimum absolute atomic E-state index is 0.236. The van der Waals surface area contributed by atoms with Crippen LogP contribution in [0, 0.1) is 11.8 Å². The Balaban J connectivity index is 2.28. The predicted octanol–water partition coefficient (Wildman–Crippen LogP) is 1.12. The van der Waals surface area contributed by atoms with E-state index in [4.69, 9.17) is 4.74 Å². The van der Waals surface area contributed by atoms with Gasteiger partial charge in [0, 0.05) is 27.1 Å². The topological polar surface area (TPSA) is 41.6 Å². The Bertz CT molecular complexity index is 227. The summed E-state index contributed by atoms with van der Waals surface area (Å²) in [5.74, 6) is 1.36. The molecule has 17 heavy (non-hydrogen) atoms. The average molecular weight is 242 g/mol. The summed E-state index contributed by atoms with van der Waals surface area (Å²) in [5.41, 5.74) is 0. The first-order valence-corrected chi connectivity index (χ1v) is 6.58.